The lowest BCUT2D eigenvalue weighted by atomic mass is 9.71. The van der Waals surface area contributed by atoms with E-state index in [2.05, 4.69) is 43.1 Å². The van der Waals surface area contributed by atoms with Crippen molar-refractivity contribution in [3.05, 3.63) is 29.8 Å². The molecule has 17 heteroatoms. The van der Waals surface area contributed by atoms with Crippen LogP contribution in [-0.4, -0.2) is 117 Å². The van der Waals surface area contributed by atoms with Gasteiger partial charge in [-0.3, -0.25) is 9.59 Å². The van der Waals surface area contributed by atoms with Gasteiger partial charge in [-0.15, -0.1) is 0 Å². The molecule has 0 aromatic heterocycles. The molecule has 1 aromatic carbocycles. The minimum atomic E-state index is -0.573. The first-order valence-electron chi connectivity index (χ1n) is 14.7. The van der Waals surface area contributed by atoms with Crippen molar-refractivity contribution in [3.63, 3.8) is 0 Å². The van der Waals surface area contributed by atoms with E-state index in [0.717, 1.165) is 10.8 Å². The molecular formula is C29H44BN3O9S4. The maximum absolute atomic E-state index is 12.2. The summed E-state index contributed by atoms with van der Waals surface area (Å²) >= 11 is 0. The zero-order chi connectivity index (χ0) is 33.8. The van der Waals surface area contributed by atoms with Crippen LogP contribution in [0.1, 0.15) is 37.6 Å². The Morgan fingerprint density at radius 3 is 2.76 bits per heavy atom. The van der Waals surface area contributed by atoms with E-state index in [1.807, 2.05) is 0 Å². The van der Waals surface area contributed by atoms with Crippen molar-refractivity contribution in [2.45, 2.75) is 55.6 Å². The van der Waals surface area contributed by atoms with Crippen LogP contribution in [0.25, 0.3) is 0 Å². The van der Waals surface area contributed by atoms with E-state index >= 15 is 0 Å². The van der Waals surface area contributed by atoms with E-state index in [4.69, 9.17) is 29.4 Å². The van der Waals surface area contributed by atoms with Crippen LogP contribution in [0.5, 0.6) is 5.75 Å². The number of benzene rings is 1. The van der Waals surface area contributed by atoms with Gasteiger partial charge in [0.2, 0.25) is 13.2 Å². The van der Waals surface area contributed by atoms with Gasteiger partial charge in [-0.25, -0.2) is 4.79 Å². The van der Waals surface area contributed by atoms with Gasteiger partial charge in [-0.2, -0.15) is 5.82 Å². The Balaban J connectivity index is 1.68. The van der Waals surface area contributed by atoms with Crippen LogP contribution >= 0.6 is 43.2 Å². The molecule has 1 heterocycles. The average Bonchev–Trinajstić information content (AvgIpc) is 3.41. The van der Waals surface area contributed by atoms with Crippen LogP contribution in [0.15, 0.2) is 24.3 Å². The SMILES string of the molecule is CSSC(=O)O[C@@H]1C[C@H](BC#CCNC(=O)COCCOC(COc2cccc(C(=O)NCCN)c2)SSC(C)(C)C)OC1CO. The molecule has 0 saturated carbocycles. The number of amides is 2. The number of carbonyl (C=O) groups excluding carboxylic acids is 3. The first-order valence-corrected chi connectivity index (χ1v) is 19.5. The fraction of sp³-hybridized carbons (Fsp3) is 0.621. The molecular weight excluding hydrogens is 673 g/mol. The van der Waals surface area contributed by atoms with Crippen molar-refractivity contribution in [1.29, 1.82) is 0 Å². The molecule has 0 aliphatic carbocycles. The average molecular weight is 718 g/mol. The predicted molar refractivity (Wildman–Crippen MR) is 188 cm³/mol. The molecule has 0 radical (unpaired) electrons. The maximum atomic E-state index is 12.2. The van der Waals surface area contributed by atoms with E-state index in [-0.39, 0.29) is 67.6 Å². The Kier molecular flexibility index (Phi) is 20.0. The highest BCUT2D eigenvalue weighted by Gasteiger charge is 2.37. The highest BCUT2D eigenvalue weighted by atomic mass is 33.1. The van der Waals surface area contributed by atoms with E-state index in [0.29, 0.717) is 38.1 Å². The minimum absolute atomic E-state index is 0.000790. The third kappa shape index (κ3) is 17.4. The van der Waals surface area contributed by atoms with Gasteiger partial charge in [0.1, 0.15) is 36.6 Å². The van der Waals surface area contributed by atoms with E-state index in [9.17, 15) is 19.5 Å². The molecule has 1 aromatic rings. The summed E-state index contributed by atoms with van der Waals surface area (Å²) in [7, 11) is 5.87. The number of hydrogen-bond acceptors (Lipinski definition) is 14. The summed E-state index contributed by atoms with van der Waals surface area (Å²) in [6.45, 7) is 7.54. The lowest BCUT2D eigenvalue weighted by Gasteiger charge is -2.22. The Labute approximate surface area is 287 Å². The summed E-state index contributed by atoms with van der Waals surface area (Å²) in [6.07, 6.45) is 1.14. The monoisotopic (exact) mass is 717 g/mol. The zero-order valence-corrected chi connectivity index (χ0v) is 29.9. The fourth-order valence-corrected chi connectivity index (χ4v) is 6.77. The van der Waals surface area contributed by atoms with Crippen LogP contribution in [0, 0.1) is 11.7 Å². The summed E-state index contributed by atoms with van der Waals surface area (Å²) in [5, 5.41) is 14.5. The van der Waals surface area contributed by atoms with Crippen molar-refractivity contribution in [3.8, 4) is 17.5 Å². The van der Waals surface area contributed by atoms with Crippen LogP contribution < -0.4 is 21.1 Å². The third-order valence-electron chi connectivity index (χ3n) is 5.77. The molecule has 12 nitrogen and oxygen atoms in total. The van der Waals surface area contributed by atoms with Crippen molar-refractivity contribution >= 4 is 67.6 Å². The van der Waals surface area contributed by atoms with Gasteiger partial charge in [-0.05, 0) is 24.5 Å². The molecule has 1 aliphatic heterocycles. The van der Waals surface area contributed by atoms with Crippen LogP contribution in [0.2, 0.25) is 0 Å². The fourth-order valence-electron chi connectivity index (χ4n) is 3.76. The molecule has 5 N–H and O–H groups in total. The first kappa shape index (κ1) is 40.4. The summed E-state index contributed by atoms with van der Waals surface area (Å²) in [5.41, 5.74) is 5.62. The van der Waals surface area contributed by atoms with E-state index in [1.54, 1.807) is 52.1 Å². The van der Waals surface area contributed by atoms with Crippen LogP contribution in [0.4, 0.5) is 4.79 Å². The number of aliphatic hydroxyl groups excluding tert-OH is 1. The van der Waals surface area contributed by atoms with Crippen molar-refractivity contribution < 1.29 is 43.2 Å². The molecule has 2 amide bonds. The normalized spacial score (nSPS) is 18.2. The lowest BCUT2D eigenvalue weighted by Crippen LogP contribution is -2.29. The largest absolute Gasteiger partial charge is 0.490 e. The molecule has 1 saturated heterocycles. The Morgan fingerprint density at radius 1 is 1.24 bits per heavy atom. The van der Waals surface area contributed by atoms with Gasteiger partial charge >= 0.3 is 5.30 Å². The molecule has 1 aliphatic rings. The van der Waals surface area contributed by atoms with Gasteiger partial charge in [0.05, 0.1) is 26.4 Å². The van der Waals surface area contributed by atoms with Crippen LogP contribution in [-0.2, 0) is 23.7 Å². The molecule has 4 atom stereocenters. The lowest BCUT2D eigenvalue weighted by molar-refractivity contribution is -0.126. The topological polar surface area (TPSA) is 168 Å². The summed E-state index contributed by atoms with van der Waals surface area (Å²) in [5.74, 6) is 5.85. The quantitative estimate of drug-likeness (QED) is 0.0412. The number of ether oxygens (including phenoxy) is 5. The molecule has 0 bridgehead atoms. The van der Waals surface area contributed by atoms with Gasteiger partial charge in [0, 0.05) is 46.6 Å². The first-order chi connectivity index (χ1) is 22.0. The van der Waals surface area contributed by atoms with Gasteiger partial charge in [-0.1, -0.05) is 65.1 Å². The highest BCUT2D eigenvalue weighted by molar-refractivity contribution is 8.81. The molecule has 2 unspecified atom stereocenters. The smallest absolute Gasteiger partial charge is 0.378 e. The zero-order valence-electron chi connectivity index (χ0n) is 26.6. The van der Waals surface area contributed by atoms with Crippen molar-refractivity contribution in [1.82, 2.24) is 10.6 Å². The standard InChI is InChI=1S/C29H44BN3O9S4/c1-29(2,3)46-44-26(19-40-21-8-5-7-20(15-21)27(36)33-12-10-31)39-14-13-38-18-25(35)32-11-6-9-30-24-16-22(23(17-34)41-24)42-28(37)45-43-4/h5,7-8,15,22-24,26,30,34H,10-14,16-19,31H2,1-4H3,(H,32,35)(H,33,36)/t22-,23?,24-,26?/m1/s1. The second-order valence-corrected chi connectivity index (χ2v) is 16.3. The van der Waals surface area contributed by atoms with Gasteiger partial charge < -0.3 is 45.2 Å². The molecule has 1 fully saturated rings. The third-order valence-corrected chi connectivity index (χ3v) is 10.6. The minimum Gasteiger partial charge on any atom is -0.490 e. The van der Waals surface area contributed by atoms with E-state index < -0.39 is 17.5 Å². The van der Waals surface area contributed by atoms with Crippen LogP contribution in [0.3, 0.4) is 0 Å². The molecule has 2 rings (SSSR count). The molecule has 46 heavy (non-hydrogen) atoms. The second kappa shape index (κ2) is 22.8. The predicted octanol–water partition coefficient (Wildman–Crippen LogP) is 2.43. The number of rotatable bonds is 19. The van der Waals surface area contributed by atoms with E-state index in [1.165, 1.54) is 10.8 Å². The number of nitrogens with two attached hydrogens (primary N) is 1. The number of carbonyl (C=O) groups is 3. The number of hydrogen-bond donors (Lipinski definition) is 4. The van der Waals surface area contributed by atoms with Gasteiger partial charge in [0.25, 0.3) is 5.91 Å². The number of aliphatic hydroxyl groups is 1. The summed E-state index contributed by atoms with van der Waals surface area (Å²) < 4.78 is 28.5. The van der Waals surface area contributed by atoms with Crippen molar-refractivity contribution in [2.75, 3.05) is 58.9 Å². The second-order valence-electron chi connectivity index (χ2n) is 10.7. The van der Waals surface area contributed by atoms with Crippen molar-refractivity contribution in [2.24, 2.45) is 5.73 Å². The summed E-state index contributed by atoms with van der Waals surface area (Å²) in [6, 6.07) is 6.65. The maximum Gasteiger partial charge on any atom is 0.378 e. The Morgan fingerprint density at radius 2 is 2.04 bits per heavy atom. The van der Waals surface area contributed by atoms with Gasteiger partial charge in [0.15, 0.2) is 0 Å². The summed E-state index contributed by atoms with van der Waals surface area (Å²) in [4.78, 5) is 36.1. The molecule has 256 valence electrons. The molecule has 0 spiro atoms. The Bertz CT molecular complexity index is 1150. The Hall–Kier alpha value is -1.75. The highest BCUT2D eigenvalue weighted by Crippen LogP contribution is 2.38. The number of nitrogens with one attached hydrogen (secondary N) is 2.